The standard InChI is InChI=1S/C21H29N3O4S/c25-20-14-16(15-24(20)18-6-2-3-7-18)21(26)22-17-8-10-19(11-9-17)29(27,28)23-12-4-1-5-13-23/h8-11,16,18H,1-7,12-15H2,(H,22,26). The summed E-state index contributed by atoms with van der Waals surface area (Å²) >= 11 is 0. The lowest BCUT2D eigenvalue weighted by Gasteiger charge is -2.26. The minimum atomic E-state index is -3.48. The highest BCUT2D eigenvalue weighted by molar-refractivity contribution is 7.89. The molecule has 29 heavy (non-hydrogen) atoms. The largest absolute Gasteiger partial charge is 0.339 e. The third-order valence-corrected chi connectivity index (χ3v) is 8.28. The van der Waals surface area contributed by atoms with E-state index in [1.807, 2.05) is 4.90 Å². The van der Waals surface area contributed by atoms with Crippen molar-refractivity contribution in [2.24, 2.45) is 5.92 Å². The Morgan fingerprint density at radius 1 is 0.966 bits per heavy atom. The fourth-order valence-corrected chi connectivity index (χ4v) is 6.20. The summed E-state index contributed by atoms with van der Waals surface area (Å²) in [4.78, 5) is 27.1. The van der Waals surface area contributed by atoms with Gasteiger partial charge < -0.3 is 10.2 Å². The maximum atomic E-state index is 12.7. The van der Waals surface area contributed by atoms with Crippen molar-refractivity contribution in [2.75, 3.05) is 25.0 Å². The van der Waals surface area contributed by atoms with Gasteiger partial charge in [-0.25, -0.2) is 8.42 Å². The van der Waals surface area contributed by atoms with Gasteiger partial charge in [0.05, 0.1) is 10.8 Å². The first-order chi connectivity index (χ1) is 13.9. The summed E-state index contributed by atoms with van der Waals surface area (Å²) in [7, 11) is -3.48. The maximum Gasteiger partial charge on any atom is 0.243 e. The molecule has 0 bridgehead atoms. The van der Waals surface area contributed by atoms with Crippen molar-refractivity contribution < 1.29 is 18.0 Å². The summed E-state index contributed by atoms with van der Waals surface area (Å²) in [5.74, 6) is -0.453. The van der Waals surface area contributed by atoms with Gasteiger partial charge in [-0.1, -0.05) is 19.3 Å². The first kappa shape index (κ1) is 20.3. The number of benzene rings is 1. The van der Waals surface area contributed by atoms with Crippen LogP contribution in [0.25, 0.3) is 0 Å². The molecule has 2 saturated heterocycles. The molecule has 1 aromatic rings. The molecule has 0 spiro atoms. The number of amides is 2. The van der Waals surface area contributed by atoms with Gasteiger partial charge >= 0.3 is 0 Å². The molecule has 8 heteroatoms. The molecule has 1 N–H and O–H groups in total. The van der Waals surface area contributed by atoms with Crippen LogP contribution in [0.5, 0.6) is 0 Å². The second kappa shape index (κ2) is 8.44. The molecule has 1 unspecified atom stereocenters. The van der Waals surface area contributed by atoms with Crippen LogP contribution < -0.4 is 5.32 Å². The van der Waals surface area contributed by atoms with Crippen LogP contribution in [0.3, 0.4) is 0 Å². The van der Waals surface area contributed by atoms with E-state index in [0.717, 1.165) is 44.9 Å². The van der Waals surface area contributed by atoms with Crippen molar-refractivity contribution in [2.45, 2.75) is 62.3 Å². The average molecular weight is 420 g/mol. The SMILES string of the molecule is O=C(Nc1ccc(S(=O)(=O)N2CCCCC2)cc1)C1CC(=O)N(C2CCCC2)C1. The van der Waals surface area contributed by atoms with Gasteiger partial charge in [0.25, 0.3) is 0 Å². The zero-order valence-corrected chi connectivity index (χ0v) is 17.5. The highest BCUT2D eigenvalue weighted by Gasteiger charge is 2.38. The summed E-state index contributed by atoms with van der Waals surface area (Å²) in [5, 5.41) is 2.85. The van der Waals surface area contributed by atoms with Crippen LogP contribution >= 0.6 is 0 Å². The molecule has 3 fully saturated rings. The molecule has 0 aromatic heterocycles. The number of carbonyl (C=O) groups excluding carboxylic acids is 2. The molecule has 2 heterocycles. The Kier molecular flexibility index (Phi) is 5.92. The van der Waals surface area contributed by atoms with E-state index >= 15 is 0 Å². The van der Waals surface area contributed by atoms with Gasteiger partial charge in [-0.3, -0.25) is 9.59 Å². The minimum absolute atomic E-state index is 0.0695. The maximum absolute atomic E-state index is 12.7. The van der Waals surface area contributed by atoms with Crippen LogP contribution in [0.2, 0.25) is 0 Å². The second-order valence-electron chi connectivity index (χ2n) is 8.36. The number of nitrogens with zero attached hydrogens (tertiary/aromatic N) is 2. The Labute approximate surface area is 172 Å². The van der Waals surface area contributed by atoms with E-state index in [2.05, 4.69) is 5.32 Å². The van der Waals surface area contributed by atoms with Crippen molar-refractivity contribution in [3.63, 3.8) is 0 Å². The molecule has 158 valence electrons. The number of hydrogen-bond acceptors (Lipinski definition) is 4. The molecule has 2 amide bonds. The monoisotopic (exact) mass is 419 g/mol. The summed E-state index contributed by atoms with van der Waals surface area (Å²) in [6.45, 7) is 1.61. The molecule has 3 aliphatic rings. The number of hydrogen-bond donors (Lipinski definition) is 1. The number of carbonyl (C=O) groups is 2. The van der Waals surface area contributed by atoms with Gasteiger partial charge in [-0.05, 0) is 49.9 Å². The van der Waals surface area contributed by atoms with Crippen molar-refractivity contribution in [1.82, 2.24) is 9.21 Å². The molecular formula is C21H29N3O4S. The van der Waals surface area contributed by atoms with E-state index in [-0.39, 0.29) is 29.0 Å². The normalized spacial score (nSPS) is 24.2. The Balaban J connectivity index is 1.37. The topological polar surface area (TPSA) is 86.8 Å². The Hall–Kier alpha value is -1.93. The predicted molar refractivity (Wildman–Crippen MR) is 110 cm³/mol. The Morgan fingerprint density at radius 2 is 1.62 bits per heavy atom. The molecule has 1 aromatic carbocycles. The van der Waals surface area contributed by atoms with Crippen LogP contribution in [-0.2, 0) is 19.6 Å². The number of nitrogens with one attached hydrogen (secondary N) is 1. The van der Waals surface area contributed by atoms with Gasteiger partial charge in [0.1, 0.15) is 0 Å². The van der Waals surface area contributed by atoms with E-state index in [9.17, 15) is 18.0 Å². The number of anilines is 1. The summed E-state index contributed by atoms with van der Waals surface area (Å²) in [5.41, 5.74) is 0.555. The summed E-state index contributed by atoms with van der Waals surface area (Å²) in [6.07, 6.45) is 7.48. The van der Waals surface area contributed by atoms with E-state index < -0.39 is 10.0 Å². The molecule has 4 rings (SSSR count). The number of rotatable bonds is 5. The molecule has 1 saturated carbocycles. The minimum Gasteiger partial charge on any atom is -0.339 e. The molecular weight excluding hydrogens is 390 g/mol. The predicted octanol–water partition coefficient (Wildman–Crippen LogP) is 2.59. The zero-order valence-electron chi connectivity index (χ0n) is 16.7. The van der Waals surface area contributed by atoms with E-state index in [1.165, 1.54) is 4.31 Å². The van der Waals surface area contributed by atoms with Gasteiger partial charge in [0.2, 0.25) is 21.8 Å². The lowest BCUT2D eigenvalue weighted by atomic mass is 10.1. The Morgan fingerprint density at radius 3 is 2.28 bits per heavy atom. The number of likely N-dealkylation sites (tertiary alicyclic amines) is 1. The van der Waals surface area contributed by atoms with Crippen LogP contribution in [0.15, 0.2) is 29.2 Å². The average Bonchev–Trinajstić information content (AvgIpc) is 3.38. The molecule has 7 nitrogen and oxygen atoms in total. The number of piperidine rings is 1. The number of sulfonamides is 1. The Bertz CT molecular complexity index is 856. The van der Waals surface area contributed by atoms with Gasteiger partial charge in [-0.2, -0.15) is 4.31 Å². The zero-order chi connectivity index (χ0) is 20.4. The second-order valence-corrected chi connectivity index (χ2v) is 10.3. The fourth-order valence-electron chi connectivity index (χ4n) is 4.68. The first-order valence-electron chi connectivity index (χ1n) is 10.7. The molecule has 1 atom stereocenters. The smallest absolute Gasteiger partial charge is 0.243 e. The van der Waals surface area contributed by atoms with Crippen molar-refractivity contribution in [1.29, 1.82) is 0 Å². The lowest BCUT2D eigenvalue weighted by molar-refractivity contribution is -0.129. The van der Waals surface area contributed by atoms with Crippen LogP contribution in [0.1, 0.15) is 51.4 Å². The van der Waals surface area contributed by atoms with Crippen LogP contribution in [0, 0.1) is 5.92 Å². The van der Waals surface area contributed by atoms with Gasteiger partial charge in [0.15, 0.2) is 0 Å². The van der Waals surface area contributed by atoms with Gasteiger partial charge in [-0.15, -0.1) is 0 Å². The van der Waals surface area contributed by atoms with Gasteiger partial charge in [0, 0.05) is 37.8 Å². The quantitative estimate of drug-likeness (QED) is 0.795. The molecule has 1 aliphatic carbocycles. The third-order valence-electron chi connectivity index (χ3n) is 6.37. The fraction of sp³-hybridized carbons (Fsp3) is 0.619. The summed E-state index contributed by atoms with van der Waals surface area (Å²) in [6, 6.07) is 6.63. The lowest BCUT2D eigenvalue weighted by Crippen LogP contribution is -2.35. The highest BCUT2D eigenvalue weighted by Crippen LogP contribution is 2.30. The molecule has 0 radical (unpaired) electrons. The van der Waals surface area contributed by atoms with Crippen molar-refractivity contribution in [3.8, 4) is 0 Å². The van der Waals surface area contributed by atoms with E-state index in [1.54, 1.807) is 24.3 Å². The first-order valence-corrected chi connectivity index (χ1v) is 12.1. The highest BCUT2D eigenvalue weighted by atomic mass is 32.2. The van der Waals surface area contributed by atoms with Crippen LogP contribution in [0.4, 0.5) is 5.69 Å². The van der Waals surface area contributed by atoms with Crippen molar-refractivity contribution in [3.05, 3.63) is 24.3 Å². The van der Waals surface area contributed by atoms with Crippen LogP contribution in [-0.4, -0.2) is 55.1 Å². The molecule has 2 aliphatic heterocycles. The third kappa shape index (κ3) is 4.33. The van der Waals surface area contributed by atoms with E-state index in [0.29, 0.717) is 31.4 Å². The van der Waals surface area contributed by atoms with Crippen molar-refractivity contribution >= 4 is 27.5 Å². The van der Waals surface area contributed by atoms with E-state index in [4.69, 9.17) is 0 Å². The summed E-state index contributed by atoms with van der Waals surface area (Å²) < 4.78 is 27.0.